The molecule has 5 nitrogen and oxygen atoms in total. The topological polar surface area (TPSA) is 71.1 Å². The van der Waals surface area contributed by atoms with Crippen molar-refractivity contribution >= 4 is 15.7 Å². The lowest BCUT2D eigenvalue weighted by Crippen LogP contribution is -2.41. The van der Waals surface area contributed by atoms with E-state index in [-0.39, 0.29) is 16.4 Å². The van der Waals surface area contributed by atoms with Crippen LogP contribution < -0.4 is 10.0 Å². The maximum absolute atomic E-state index is 12.6. The van der Waals surface area contributed by atoms with E-state index in [0.717, 1.165) is 19.3 Å². The normalized spacial score (nSPS) is 21.9. The van der Waals surface area contributed by atoms with E-state index in [0.29, 0.717) is 12.2 Å². The van der Waals surface area contributed by atoms with E-state index in [1.54, 1.807) is 12.3 Å². The van der Waals surface area contributed by atoms with Crippen LogP contribution in [0.4, 0.5) is 5.69 Å². The van der Waals surface area contributed by atoms with Gasteiger partial charge in [-0.1, -0.05) is 20.3 Å². The number of nitrogens with one attached hydrogen (secondary N) is 2. The molecule has 1 aliphatic rings. The Morgan fingerprint density at radius 1 is 1.45 bits per heavy atom. The van der Waals surface area contributed by atoms with Crippen LogP contribution in [0.25, 0.3) is 0 Å². The van der Waals surface area contributed by atoms with Crippen molar-refractivity contribution in [2.24, 2.45) is 5.41 Å². The zero-order chi connectivity index (χ0) is 14.8. The Morgan fingerprint density at radius 2 is 2.20 bits per heavy atom. The predicted octanol–water partition coefficient (Wildman–Crippen LogP) is 2.37. The van der Waals surface area contributed by atoms with E-state index in [9.17, 15) is 8.42 Å². The lowest BCUT2D eigenvalue weighted by atomic mass is 9.88. The first-order valence-corrected chi connectivity index (χ1v) is 8.55. The Hall–Kier alpha value is -1.14. The molecular formula is C14H23N3O2S. The minimum absolute atomic E-state index is 0.00757. The SMILES string of the molecule is CCNc1ccncc1S(=O)(=O)NC1CCCC1(C)C. The molecule has 6 heteroatoms. The summed E-state index contributed by atoms with van der Waals surface area (Å²) in [7, 11) is -3.54. The largest absolute Gasteiger partial charge is 0.384 e. The number of anilines is 1. The fourth-order valence-corrected chi connectivity index (χ4v) is 4.29. The summed E-state index contributed by atoms with van der Waals surface area (Å²) in [6.45, 7) is 6.83. The molecule has 1 atom stereocenters. The van der Waals surface area contributed by atoms with Crippen molar-refractivity contribution in [1.29, 1.82) is 0 Å². The maximum atomic E-state index is 12.6. The zero-order valence-electron chi connectivity index (χ0n) is 12.3. The molecule has 0 amide bonds. The molecule has 2 N–H and O–H groups in total. The first-order valence-electron chi connectivity index (χ1n) is 7.07. The summed E-state index contributed by atoms with van der Waals surface area (Å²) >= 11 is 0. The quantitative estimate of drug-likeness (QED) is 0.875. The average molecular weight is 297 g/mol. The summed E-state index contributed by atoms with van der Waals surface area (Å²) in [6, 6.07) is 1.68. The van der Waals surface area contributed by atoms with Crippen LogP contribution in [-0.2, 0) is 10.0 Å². The number of hydrogen-bond donors (Lipinski definition) is 2. The first-order chi connectivity index (χ1) is 9.37. The molecule has 1 unspecified atom stereocenters. The van der Waals surface area contributed by atoms with Gasteiger partial charge in [0.2, 0.25) is 10.0 Å². The molecule has 20 heavy (non-hydrogen) atoms. The van der Waals surface area contributed by atoms with Crippen LogP contribution in [0, 0.1) is 5.41 Å². The molecule has 1 fully saturated rings. The summed E-state index contributed by atoms with van der Waals surface area (Å²) < 4.78 is 28.0. The van der Waals surface area contributed by atoms with E-state index >= 15 is 0 Å². The van der Waals surface area contributed by atoms with Crippen LogP contribution in [0.2, 0.25) is 0 Å². The van der Waals surface area contributed by atoms with Gasteiger partial charge >= 0.3 is 0 Å². The molecule has 0 spiro atoms. The minimum Gasteiger partial charge on any atom is -0.384 e. The van der Waals surface area contributed by atoms with Crippen molar-refractivity contribution in [1.82, 2.24) is 9.71 Å². The van der Waals surface area contributed by atoms with Gasteiger partial charge in [0.15, 0.2) is 0 Å². The van der Waals surface area contributed by atoms with Crippen LogP contribution in [-0.4, -0.2) is 26.0 Å². The zero-order valence-corrected chi connectivity index (χ0v) is 13.1. The second-order valence-corrected chi connectivity index (χ2v) is 7.64. The Kier molecular flexibility index (Phi) is 4.34. The molecule has 0 radical (unpaired) electrons. The van der Waals surface area contributed by atoms with Crippen LogP contribution in [0.15, 0.2) is 23.4 Å². The lowest BCUT2D eigenvalue weighted by Gasteiger charge is -2.27. The monoisotopic (exact) mass is 297 g/mol. The second kappa shape index (κ2) is 5.69. The highest BCUT2D eigenvalue weighted by Crippen LogP contribution is 2.38. The van der Waals surface area contributed by atoms with Crippen LogP contribution in [0.3, 0.4) is 0 Å². The highest BCUT2D eigenvalue weighted by molar-refractivity contribution is 7.89. The summed E-state index contributed by atoms with van der Waals surface area (Å²) in [4.78, 5) is 4.17. The first kappa shape index (κ1) is 15.3. The number of pyridine rings is 1. The molecule has 1 aromatic rings. The lowest BCUT2D eigenvalue weighted by molar-refractivity contribution is 0.313. The number of hydrogen-bond acceptors (Lipinski definition) is 4. The molecule has 0 aliphatic heterocycles. The Morgan fingerprint density at radius 3 is 2.80 bits per heavy atom. The van der Waals surface area contributed by atoms with Crippen LogP contribution >= 0.6 is 0 Å². The van der Waals surface area contributed by atoms with Crippen LogP contribution in [0.5, 0.6) is 0 Å². The number of rotatable bonds is 5. The summed E-state index contributed by atoms with van der Waals surface area (Å²) in [5, 5.41) is 3.07. The minimum atomic E-state index is -3.54. The van der Waals surface area contributed by atoms with E-state index in [1.807, 2.05) is 6.92 Å². The number of aromatic nitrogens is 1. The Balaban J connectivity index is 2.27. The van der Waals surface area contributed by atoms with Gasteiger partial charge in [-0.3, -0.25) is 4.98 Å². The van der Waals surface area contributed by atoms with Gasteiger partial charge in [-0.05, 0) is 31.2 Å². The van der Waals surface area contributed by atoms with Gasteiger partial charge in [-0.25, -0.2) is 13.1 Å². The van der Waals surface area contributed by atoms with Gasteiger partial charge in [-0.15, -0.1) is 0 Å². The Bertz CT molecular complexity index is 570. The van der Waals surface area contributed by atoms with Crippen molar-refractivity contribution < 1.29 is 8.42 Å². The van der Waals surface area contributed by atoms with Gasteiger partial charge in [0.25, 0.3) is 0 Å². The van der Waals surface area contributed by atoms with Gasteiger partial charge in [0.05, 0.1) is 5.69 Å². The smallest absolute Gasteiger partial charge is 0.244 e. The Labute approximate surface area is 121 Å². The average Bonchev–Trinajstić information content (AvgIpc) is 2.69. The summed E-state index contributed by atoms with van der Waals surface area (Å²) in [5.41, 5.74) is 0.610. The third-order valence-electron chi connectivity index (χ3n) is 4.00. The molecule has 112 valence electrons. The summed E-state index contributed by atoms with van der Waals surface area (Å²) in [5.74, 6) is 0. The summed E-state index contributed by atoms with van der Waals surface area (Å²) in [6.07, 6.45) is 6.00. The molecular weight excluding hydrogens is 274 g/mol. The van der Waals surface area contributed by atoms with Crippen LogP contribution in [0.1, 0.15) is 40.0 Å². The standard InChI is InChI=1S/C14H23N3O2S/c1-4-16-11-7-9-15-10-12(11)20(18,19)17-13-6-5-8-14(13,2)3/h7,9-10,13,17H,4-6,8H2,1-3H3,(H,15,16). The highest BCUT2D eigenvalue weighted by Gasteiger charge is 2.37. The number of nitrogens with zero attached hydrogens (tertiary/aromatic N) is 1. The second-order valence-electron chi connectivity index (χ2n) is 5.96. The molecule has 0 bridgehead atoms. The fourth-order valence-electron chi connectivity index (χ4n) is 2.73. The third kappa shape index (κ3) is 3.12. The maximum Gasteiger partial charge on any atom is 0.244 e. The van der Waals surface area contributed by atoms with Gasteiger partial charge in [0.1, 0.15) is 4.90 Å². The molecule has 0 saturated heterocycles. The van der Waals surface area contributed by atoms with Crippen molar-refractivity contribution in [3.63, 3.8) is 0 Å². The van der Waals surface area contributed by atoms with Gasteiger partial charge in [-0.2, -0.15) is 0 Å². The van der Waals surface area contributed by atoms with Gasteiger partial charge < -0.3 is 5.32 Å². The fraction of sp³-hybridized carbons (Fsp3) is 0.643. The van der Waals surface area contributed by atoms with Crippen molar-refractivity contribution in [3.8, 4) is 0 Å². The molecule has 2 rings (SSSR count). The van der Waals surface area contributed by atoms with Crippen molar-refractivity contribution in [2.45, 2.75) is 51.0 Å². The predicted molar refractivity (Wildman–Crippen MR) is 80.1 cm³/mol. The molecule has 1 saturated carbocycles. The van der Waals surface area contributed by atoms with E-state index < -0.39 is 10.0 Å². The molecule has 0 aromatic carbocycles. The van der Waals surface area contributed by atoms with Gasteiger partial charge in [0, 0.05) is 25.0 Å². The highest BCUT2D eigenvalue weighted by atomic mass is 32.2. The molecule has 1 aromatic heterocycles. The third-order valence-corrected chi connectivity index (χ3v) is 5.50. The van der Waals surface area contributed by atoms with E-state index in [1.165, 1.54) is 6.20 Å². The van der Waals surface area contributed by atoms with Crippen molar-refractivity contribution in [2.75, 3.05) is 11.9 Å². The molecule has 1 aliphatic carbocycles. The molecule has 1 heterocycles. The van der Waals surface area contributed by atoms with E-state index in [2.05, 4.69) is 28.9 Å². The number of sulfonamides is 1. The van der Waals surface area contributed by atoms with Crippen molar-refractivity contribution in [3.05, 3.63) is 18.5 Å². The van der Waals surface area contributed by atoms with E-state index in [4.69, 9.17) is 0 Å².